The van der Waals surface area contributed by atoms with Gasteiger partial charge < -0.3 is 14.7 Å². The first-order chi connectivity index (χ1) is 18.7. The Morgan fingerprint density at radius 3 is 2.05 bits per heavy atom. The summed E-state index contributed by atoms with van der Waals surface area (Å²) in [6.07, 6.45) is 10.6. The first-order valence-electron chi connectivity index (χ1n) is 14.2. The smallest absolute Gasteiger partial charge is 0.253 e. The van der Waals surface area contributed by atoms with Crippen molar-refractivity contribution in [1.82, 2.24) is 19.8 Å². The lowest BCUT2D eigenvalue weighted by atomic mass is 10.00. The molecule has 6 heteroatoms. The van der Waals surface area contributed by atoms with Gasteiger partial charge in [-0.15, -0.1) is 0 Å². The maximum absolute atomic E-state index is 12.8. The molecule has 2 aromatic carbocycles. The quantitative estimate of drug-likeness (QED) is 0.382. The van der Waals surface area contributed by atoms with Gasteiger partial charge in [-0.2, -0.15) is 0 Å². The summed E-state index contributed by atoms with van der Waals surface area (Å²) in [5.74, 6) is 1.71. The minimum Gasteiger partial charge on any atom is -0.339 e. The van der Waals surface area contributed by atoms with Gasteiger partial charge in [0.05, 0.1) is 0 Å². The fraction of sp³-hybridized carbons (Fsp3) is 0.469. The average molecular weight is 514 g/mol. The van der Waals surface area contributed by atoms with Gasteiger partial charge in [-0.25, -0.2) is 9.97 Å². The van der Waals surface area contributed by atoms with Crippen molar-refractivity contribution in [2.24, 2.45) is 5.92 Å². The van der Waals surface area contributed by atoms with E-state index < -0.39 is 0 Å². The molecule has 2 heterocycles. The van der Waals surface area contributed by atoms with Crippen LogP contribution in [-0.4, -0.2) is 71.0 Å². The zero-order valence-corrected chi connectivity index (χ0v) is 23.0. The number of hydrogen-bond donors (Lipinski definition) is 0. The Balaban J connectivity index is 0.000000494. The lowest BCUT2D eigenvalue weighted by Gasteiger charge is -2.39. The second-order valence-corrected chi connectivity index (χ2v) is 10.5. The van der Waals surface area contributed by atoms with Crippen LogP contribution in [0.15, 0.2) is 85.2 Å². The predicted octanol–water partition coefficient (Wildman–Crippen LogP) is 5.78. The van der Waals surface area contributed by atoms with Crippen molar-refractivity contribution in [3.63, 3.8) is 0 Å². The van der Waals surface area contributed by atoms with Crippen LogP contribution >= 0.6 is 0 Å². The Kier molecular flexibility index (Phi) is 10.7. The van der Waals surface area contributed by atoms with Crippen LogP contribution in [0.5, 0.6) is 0 Å². The molecule has 2 unspecified atom stereocenters. The van der Waals surface area contributed by atoms with Crippen molar-refractivity contribution in [2.45, 2.75) is 57.5 Å². The third kappa shape index (κ3) is 7.87. The van der Waals surface area contributed by atoms with Gasteiger partial charge in [-0.1, -0.05) is 61.5 Å². The molecule has 0 radical (unpaired) electrons. The van der Waals surface area contributed by atoms with Gasteiger partial charge in [0.15, 0.2) is 0 Å². The summed E-state index contributed by atoms with van der Waals surface area (Å²) in [4.78, 5) is 28.8. The van der Waals surface area contributed by atoms with Crippen molar-refractivity contribution < 1.29 is 4.79 Å². The number of carbonyl (C=O) groups excluding carboxylic acids is 1. The van der Waals surface area contributed by atoms with Gasteiger partial charge in [0.25, 0.3) is 5.91 Å². The molecule has 0 spiro atoms. The summed E-state index contributed by atoms with van der Waals surface area (Å²) in [7, 11) is 1.97. The van der Waals surface area contributed by atoms with E-state index >= 15 is 0 Å². The predicted molar refractivity (Wildman–Crippen MR) is 155 cm³/mol. The minimum absolute atomic E-state index is 0.149. The van der Waals surface area contributed by atoms with Crippen LogP contribution < -0.4 is 4.90 Å². The molecule has 2 atom stereocenters. The number of piperidine rings is 1. The van der Waals surface area contributed by atoms with Crippen LogP contribution in [0.2, 0.25) is 0 Å². The summed E-state index contributed by atoms with van der Waals surface area (Å²) in [6.45, 7) is 6.67. The lowest BCUT2D eigenvalue weighted by molar-refractivity contribution is 0.0729. The highest BCUT2D eigenvalue weighted by atomic mass is 16.2. The molecule has 2 fully saturated rings. The van der Waals surface area contributed by atoms with Crippen LogP contribution in [0.4, 0.5) is 5.95 Å². The Morgan fingerprint density at radius 1 is 0.842 bits per heavy atom. The number of rotatable bonds is 8. The van der Waals surface area contributed by atoms with Crippen molar-refractivity contribution >= 4 is 11.9 Å². The highest BCUT2D eigenvalue weighted by Crippen LogP contribution is 2.31. The van der Waals surface area contributed by atoms with Gasteiger partial charge in [0.2, 0.25) is 5.95 Å². The summed E-state index contributed by atoms with van der Waals surface area (Å²) >= 11 is 0. The van der Waals surface area contributed by atoms with Crippen molar-refractivity contribution in [3.8, 4) is 0 Å². The summed E-state index contributed by atoms with van der Waals surface area (Å²) in [5, 5.41) is 0. The number of nitrogens with zero attached hydrogens (tertiary/aromatic N) is 5. The first kappa shape index (κ1) is 27.8. The second kappa shape index (κ2) is 14.6. The van der Waals surface area contributed by atoms with Crippen LogP contribution in [0.3, 0.4) is 0 Å². The molecule has 6 nitrogen and oxygen atoms in total. The Labute approximate surface area is 228 Å². The fourth-order valence-electron chi connectivity index (χ4n) is 5.81. The molecule has 2 aliphatic rings. The van der Waals surface area contributed by atoms with Gasteiger partial charge >= 0.3 is 0 Å². The molecule has 1 saturated carbocycles. The second-order valence-electron chi connectivity index (χ2n) is 10.5. The van der Waals surface area contributed by atoms with Gasteiger partial charge in [0, 0.05) is 63.3 Å². The van der Waals surface area contributed by atoms with Gasteiger partial charge in [-0.05, 0) is 62.6 Å². The van der Waals surface area contributed by atoms with E-state index in [0.29, 0.717) is 18.0 Å². The molecule has 0 bridgehead atoms. The average Bonchev–Trinajstić information content (AvgIpc) is 3.46. The highest BCUT2D eigenvalue weighted by molar-refractivity contribution is 5.94. The standard InChI is InChI=1S/C26H37N5O.C6H6/c1-3-16-31(26-27-14-7-15-28-26)23-12-17-30(18-13-23)20-21-10-11-24(19-21)29(2)25(32)22-8-5-4-6-9-22;1-2-4-6-5-3-1/h4-9,14-15,21,23-24H,3,10-13,16-20H2,1-2H3;1-6H. The Bertz CT molecular complexity index is 1030. The van der Waals surface area contributed by atoms with Crippen molar-refractivity contribution in [2.75, 3.05) is 38.1 Å². The first-order valence-corrected chi connectivity index (χ1v) is 14.2. The third-order valence-corrected chi connectivity index (χ3v) is 7.86. The normalized spacial score (nSPS) is 19.8. The van der Waals surface area contributed by atoms with Crippen LogP contribution in [0.1, 0.15) is 55.8 Å². The van der Waals surface area contributed by atoms with E-state index in [1.165, 1.54) is 19.3 Å². The van der Waals surface area contributed by atoms with E-state index in [4.69, 9.17) is 0 Å². The van der Waals surface area contributed by atoms with E-state index in [2.05, 4.69) is 26.7 Å². The number of benzene rings is 2. The summed E-state index contributed by atoms with van der Waals surface area (Å²) in [6, 6.07) is 24.4. The fourth-order valence-corrected chi connectivity index (χ4v) is 5.81. The van der Waals surface area contributed by atoms with Crippen LogP contribution in [0.25, 0.3) is 0 Å². The van der Waals surface area contributed by atoms with Gasteiger partial charge in [0.1, 0.15) is 0 Å². The Morgan fingerprint density at radius 2 is 1.45 bits per heavy atom. The van der Waals surface area contributed by atoms with E-state index in [0.717, 1.165) is 57.0 Å². The molecule has 1 aliphatic heterocycles. The molecule has 0 N–H and O–H groups in total. The van der Waals surface area contributed by atoms with E-state index in [9.17, 15) is 4.79 Å². The van der Waals surface area contributed by atoms with Gasteiger partial charge in [-0.3, -0.25) is 4.79 Å². The van der Waals surface area contributed by atoms with Crippen LogP contribution in [-0.2, 0) is 0 Å². The maximum atomic E-state index is 12.8. The van der Waals surface area contributed by atoms with Crippen LogP contribution in [0, 0.1) is 5.92 Å². The maximum Gasteiger partial charge on any atom is 0.253 e. The summed E-state index contributed by atoms with van der Waals surface area (Å²) in [5.41, 5.74) is 0.791. The van der Waals surface area contributed by atoms with E-state index in [1.807, 2.05) is 97.1 Å². The molecule has 1 amide bonds. The molecule has 202 valence electrons. The third-order valence-electron chi connectivity index (χ3n) is 7.86. The van der Waals surface area contributed by atoms with E-state index in [1.54, 1.807) is 0 Å². The minimum atomic E-state index is 0.149. The van der Waals surface area contributed by atoms with Crippen molar-refractivity contribution in [3.05, 3.63) is 90.8 Å². The molecule has 1 aromatic heterocycles. The zero-order valence-electron chi connectivity index (χ0n) is 23.0. The SMILES string of the molecule is CCCN(c1ncccn1)C1CCN(CC2CCC(N(C)C(=O)c3ccccc3)C2)CC1.c1ccccc1. The molecule has 3 aromatic rings. The molecular formula is C32H43N5O. The number of anilines is 1. The highest BCUT2D eigenvalue weighted by Gasteiger charge is 2.33. The molecule has 5 rings (SSSR count). The van der Waals surface area contributed by atoms with E-state index in [-0.39, 0.29) is 5.91 Å². The number of likely N-dealkylation sites (tertiary alicyclic amines) is 1. The topological polar surface area (TPSA) is 52.6 Å². The molecule has 1 aliphatic carbocycles. The molecule has 38 heavy (non-hydrogen) atoms. The largest absolute Gasteiger partial charge is 0.339 e. The summed E-state index contributed by atoms with van der Waals surface area (Å²) < 4.78 is 0. The molecular weight excluding hydrogens is 470 g/mol. The Hall–Kier alpha value is -3.25. The number of amides is 1. The lowest BCUT2D eigenvalue weighted by Crippen LogP contribution is -2.47. The number of aromatic nitrogens is 2. The van der Waals surface area contributed by atoms with Crippen molar-refractivity contribution in [1.29, 1.82) is 0 Å². The number of carbonyl (C=O) groups is 1. The number of hydrogen-bond acceptors (Lipinski definition) is 5. The zero-order chi connectivity index (χ0) is 26.6. The molecule has 1 saturated heterocycles. The monoisotopic (exact) mass is 513 g/mol.